The van der Waals surface area contributed by atoms with E-state index in [4.69, 9.17) is 4.74 Å². The maximum Gasteiger partial charge on any atom is 0.416 e. The quantitative estimate of drug-likeness (QED) is 0.292. The molecule has 0 unspecified atom stereocenters. The fraction of sp³-hybridized carbons (Fsp3) is 0.240. The van der Waals surface area contributed by atoms with Crippen molar-refractivity contribution in [1.29, 1.82) is 0 Å². The van der Waals surface area contributed by atoms with Gasteiger partial charge in [0.05, 0.1) is 30.1 Å². The molecule has 2 N–H and O–H groups in total. The average Bonchev–Trinajstić information content (AvgIpc) is 2.79. The van der Waals surface area contributed by atoms with Crippen molar-refractivity contribution in [1.82, 2.24) is 0 Å². The Morgan fingerprint density at radius 1 is 0.875 bits per heavy atom. The van der Waals surface area contributed by atoms with Crippen LogP contribution < -0.4 is 15.5 Å². The molecule has 0 aromatic heterocycles. The smallest absolute Gasteiger partial charge is 0.416 e. The number of hydrazone groups is 1. The summed E-state index contributed by atoms with van der Waals surface area (Å²) in [7, 11) is 1.59. The number of alkyl halides is 3. The number of nitrogens with one attached hydrogen (secondary N) is 2. The number of para-hydroxylation sites is 2. The minimum Gasteiger partial charge on any atom is -0.495 e. The van der Waals surface area contributed by atoms with Crippen LogP contribution in [0.1, 0.15) is 31.0 Å². The van der Waals surface area contributed by atoms with Crippen molar-refractivity contribution in [2.24, 2.45) is 11.0 Å². The van der Waals surface area contributed by atoms with E-state index < -0.39 is 11.7 Å². The second kappa shape index (κ2) is 10.2. The van der Waals surface area contributed by atoms with Crippen molar-refractivity contribution in [2.75, 3.05) is 17.9 Å². The van der Waals surface area contributed by atoms with E-state index in [1.165, 1.54) is 12.1 Å². The van der Waals surface area contributed by atoms with Crippen molar-refractivity contribution in [3.05, 3.63) is 90.0 Å². The van der Waals surface area contributed by atoms with Gasteiger partial charge in [-0.2, -0.15) is 18.3 Å². The van der Waals surface area contributed by atoms with Gasteiger partial charge in [-0.1, -0.05) is 56.3 Å². The Kier molecular flexibility index (Phi) is 7.41. The van der Waals surface area contributed by atoms with Gasteiger partial charge in [-0.15, -0.1) is 0 Å². The van der Waals surface area contributed by atoms with Gasteiger partial charge >= 0.3 is 6.18 Å². The molecule has 3 aromatic carbocycles. The number of methoxy groups -OCH3 is 1. The van der Waals surface area contributed by atoms with Gasteiger partial charge in [0.2, 0.25) is 0 Å². The highest BCUT2D eigenvalue weighted by Crippen LogP contribution is 2.31. The summed E-state index contributed by atoms with van der Waals surface area (Å²) in [6, 6.07) is 21.8. The molecule has 0 amide bonds. The molecule has 3 aromatic rings. The highest BCUT2D eigenvalue weighted by molar-refractivity contribution is 5.95. The molecule has 0 aliphatic rings. The molecule has 0 spiro atoms. The van der Waals surface area contributed by atoms with Crippen LogP contribution in [-0.2, 0) is 6.18 Å². The second-order valence-electron chi connectivity index (χ2n) is 7.57. The largest absolute Gasteiger partial charge is 0.495 e. The highest BCUT2D eigenvalue weighted by atomic mass is 19.4. The molecule has 0 fully saturated rings. The third kappa shape index (κ3) is 5.81. The molecule has 0 saturated heterocycles. The summed E-state index contributed by atoms with van der Waals surface area (Å²) < 4.78 is 44.2. The highest BCUT2D eigenvalue weighted by Gasteiger charge is 2.30. The summed E-state index contributed by atoms with van der Waals surface area (Å²) in [5, 5.41) is 8.03. The number of hydrogen-bond donors (Lipinski definition) is 2. The Bertz CT molecular complexity index is 1030. The molecule has 0 aliphatic carbocycles. The lowest BCUT2D eigenvalue weighted by atomic mass is 9.94. The van der Waals surface area contributed by atoms with Crippen LogP contribution in [0, 0.1) is 5.92 Å². The number of anilines is 2. The van der Waals surface area contributed by atoms with E-state index in [0.717, 1.165) is 29.1 Å². The van der Waals surface area contributed by atoms with Crippen molar-refractivity contribution in [2.45, 2.75) is 26.1 Å². The fourth-order valence-electron chi connectivity index (χ4n) is 3.28. The molecular weight excluding hydrogens is 415 g/mol. The molecule has 0 aliphatic heterocycles. The Hall–Kier alpha value is -3.48. The Labute approximate surface area is 186 Å². The van der Waals surface area contributed by atoms with Gasteiger partial charge in [0.25, 0.3) is 0 Å². The predicted octanol–water partition coefficient (Wildman–Crippen LogP) is 6.99. The molecule has 1 atom stereocenters. The third-order valence-corrected chi connectivity index (χ3v) is 4.96. The van der Waals surface area contributed by atoms with Gasteiger partial charge in [-0.3, -0.25) is 5.43 Å². The monoisotopic (exact) mass is 441 g/mol. The van der Waals surface area contributed by atoms with Gasteiger partial charge in [0, 0.05) is 5.69 Å². The Morgan fingerprint density at radius 3 is 2.09 bits per heavy atom. The van der Waals surface area contributed by atoms with Crippen LogP contribution in [-0.4, -0.2) is 12.8 Å². The van der Waals surface area contributed by atoms with Gasteiger partial charge in [-0.25, -0.2) is 0 Å². The van der Waals surface area contributed by atoms with Gasteiger partial charge < -0.3 is 10.1 Å². The molecular formula is C25H26F3N3O. The topological polar surface area (TPSA) is 45.6 Å². The molecule has 7 heteroatoms. The Morgan fingerprint density at radius 2 is 1.50 bits per heavy atom. The van der Waals surface area contributed by atoms with Gasteiger partial charge in [-0.05, 0) is 47.9 Å². The predicted molar refractivity (Wildman–Crippen MR) is 123 cm³/mol. The molecule has 168 valence electrons. The van der Waals surface area contributed by atoms with E-state index in [9.17, 15) is 13.2 Å². The molecule has 0 radical (unpaired) electrons. The van der Waals surface area contributed by atoms with E-state index in [2.05, 4.69) is 15.8 Å². The zero-order chi connectivity index (χ0) is 23.1. The lowest BCUT2D eigenvalue weighted by Gasteiger charge is -2.25. The second-order valence-corrected chi connectivity index (χ2v) is 7.57. The summed E-state index contributed by atoms with van der Waals surface area (Å²) in [4.78, 5) is 0. The van der Waals surface area contributed by atoms with Crippen LogP contribution in [0.3, 0.4) is 0 Å². The van der Waals surface area contributed by atoms with Crippen LogP contribution in [0.2, 0.25) is 0 Å². The molecule has 32 heavy (non-hydrogen) atoms. The fourth-order valence-corrected chi connectivity index (χ4v) is 3.28. The zero-order valence-electron chi connectivity index (χ0n) is 18.1. The lowest BCUT2D eigenvalue weighted by molar-refractivity contribution is -0.137. The lowest BCUT2D eigenvalue weighted by Crippen LogP contribution is -2.26. The summed E-state index contributed by atoms with van der Waals surface area (Å²) in [6.45, 7) is 4.04. The number of hydrogen-bond acceptors (Lipinski definition) is 4. The number of nitrogens with zero attached hydrogens (tertiary/aromatic N) is 1. The van der Waals surface area contributed by atoms with E-state index in [1.807, 2.05) is 68.4 Å². The third-order valence-electron chi connectivity index (χ3n) is 4.96. The first kappa shape index (κ1) is 23.2. The van der Waals surface area contributed by atoms with E-state index >= 15 is 0 Å². The minimum atomic E-state index is -4.37. The summed E-state index contributed by atoms with van der Waals surface area (Å²) >= 11 is 0. The van der Waals surface area contributed by atoms with Crippen LogP contribution in [0.15, 0.2) is 84.0 Å². The van der Waals surface area contributed by atoms with Crippen LogP contribution in [0.25, 0.3) is 0 Å². The van der Waals surface area contributed by atoms with Crippen LogP contribution in [0.4, 0.5) is 24.5 Å². The van der Waals surface area contributed by atoms with E-state index in [-0.39, 0.29) is 12.0 Å². The SMILES string of the molecule is COc1ccccc1N/N=C(\C(C)C)[C@@H](Nc1ccc(C(F)(F)F)cc1)c1ccccc1. The number of ether oxygens (including phenoxy) is 1. The molecule has 3 rings (SSSR count). The van der Waals surface area contributed by atoms with E-state index in [1.54, 1.807) is 7.11 Å². The summed E-state index contributed by atoms with van der Waals surface area (Å²) in [5.41, 5.74) is 5.42. The first-order valence-corrected chi connectivity index (χ1v) is 10.2. The maximum absolute atomic E-state index is 12.9. The first-order chi connectivity index (χ1) is 15.3. The average molecular weight is 441 g/mol. The van der Waals surface area contributed by atoms with Crippen LogP contribution >= 0.6 is 0 Å². The van der Waals surface area contributed by atoms with Gasteiger partial charge in [0.1, 0.15) is 5.75 Å². The number of benzene rings is 3. The van der Waals surface area contributed by atoms with Gasteiger partial charge in [0.15, 0.2) is 0 Å². The van der Waals surface area contributed by atoms with Crippen molar-refractivity contribution in [3.8, 4) is 5.75 Å². The standard InChI is InChI=1S/C25H26F3N3O/c1-17(2)23(31-30-21-11-7-8-12-22(21)32-3)24(18-9-5-4-6-10-18)29-20-15-13-19(14-16-20)25(26,27)28/h4-17,24,29-30H,1-3H3/b31-23+/t24-/m0/s1. The molecule has 0 bridgehead atoms. The summed E-state index contributed by atoms with van der Waals surface area (Å²) in [5.74, 6) is 0.704. The summed E-state index contributed by atoms with van der Waals surface area (Å²) in [6.07, 6.45) is -4.37. The van der Waals surface area contributed by atoms with Crippen molar-refractivity contribution in [3.63, 3.8) is 0 Å². The van der Waals surface area contributed by atoms with Crippen LogP contribution in [0.5, 0.6) is 5.75 Å². The number of rotatable bonds is 8. The zero-order valence-corrected chi connectivity index (χ0v) is 18.1. The molecule has 0 saturated carbocycles. The minimum absolute atomic E-state index is 0.0457. The van der Waals surface area contributed by atoms with Crippen molar-refractivity contribution >= 4 is 17.1 Å². The van der Waals surface area contributed by atoms with E-state index in [0.29, 0.717) is 11.4 Å². The van der Waals surface area contributed by atoms with Crippen molar-refractivity contribution < 1.29 is 17.9 Å². The maximum atomic E-state index is 12.9. The Balaban J connectivity index is 1.95. The molecule has 0 heterocycles. The number of halogens is 3. The first-order valence-electron chi connectivity index (χ1n) is 10.2. The normalized spacial score (nSPS) is 13.0. The molecule has 4 nitrogen and oxygen atoms in total.